The third kappa shape index (κ3) is 3.50. The van der Waals surface area contributed by atoms with Crippen LogP contribution in [0.3, 0.4) is 0 Å². The van der Waals surface area contributed by atoms with Crippen LogP contribution in [0, 0.1) is 0 Å². The minimum Gasteiger partial charge on any atom is -0.470 e. The van der Waals surface area contributed by atoms with Crippen LogP contribution in [0.25, 0.3) is 0 Å². The van der Waals surface area contributed by atoms with Crippen LogP contribution in [0.2, 0.25) is 0 Å². The number of aromatic nitrogens is 1. The molecule has 1 aliphatic heterocycles. The Morgan fingerprint density at radius 1 is 1.42 bits per heavy atom. The van der Waals surface area contributed by atoms with Gasteiger partial charge in [-0.1, -0.05) is 0 Å². The van der Waals surface area contributed by atoms with Crippen LogP contribution in [0.5, 0.6) is 5.88 Å². The Kier molecular flexibility index (Phi) is 3.85. The largest absolute Gasteiger partial charge is 0.470 e. The van der Waals surface area contributed by atoms with Gasteiger partial charge < -0.3 is 20.1 Å². The first-order chi connectivity index (χ1) is 8.87. The van der Waals surface area contributed by atoms with Gasteiger partial charge in [0.05, 0.1) is 18.3 Å². The zero-order valence-electron chi connectivity index (χ0n) is 12.1. The zero-order chi connectivity index (χ0) is 14.0. The molecule has 1 aromatic heterocycles. The van der Waals surface area contributed by atoms with Gasteiger partial charge in [-0.25, -0.2) is 0 Å². The molecule has 0 saturated carbocycles. The fraction of sp³-hybridized carbons (Fsp3) is 0.643. The third-order valence-electron chi connectivity index (χ3n) is 3.09. The van der Waals surface area contributed by atoms with E-state index in [2.05, 4.69) is 9.88 Å². The maximum absolute atomic E-state index is 5.92. The van der Waals surface area contributed by atoms with Gasteiger partial charge in [-0.3, -0.25) is 0 Å². The molecule has 5 nitrogen and oxygen atoms in total. The number of pyridine rings is 1. The SMILES string of the molecule is CN(c1ccc(N)c(OC(C)(C)C)n1)C1CCOC1. The molecule has 0 radical (unpaired) electrons. The van der Waals surface area contributed by atoms with Gasteiger partial charge in [0, 0.05) is 13.7 Å². The molecule has 0 spiro atoms. The minimum absolute atomic E-state index is 0.311. The summed E-state index contributed by atoms with van der Waals surface area (Å²) in [6.07, 6.45) is 1.03. The summed E-state index contributed by atoms with van der Waals surface area (Å²) in [5, 5.41) is 0. The van der Waals surface area contributed by atoms with Crippen molar-refractivity contribution in [1.82, 2.24) is 4.98 Å². The molecule has 1 aromatic rings. The standard InChI is InChI=1S/C14H23N3O2/c1-14(2,3)19-13-11(15)5-6-12(16-13)17(4)10-7-8-18-9-10/h5-6,10H,7-9,15H2,1-4H3. The van der Waals surface area contributed by atoms with E-state index in [1.807, 2.05) is 40.0 Å². The van der Waals surface area contributed by atoms with E-state index in [1.54, 1.807) is 0 Å². The number of anilines is 2. The summed E-state index contributed by atoms with van der Waals surface area (Å²) in [5.41, 5.74) is 6.17. The van der Waals surface area contributed by atoms with Crippen molar-refractivity contribution in [3.8, 4) is 5.88 Å². The van der Waals surface area contributed by atoms with Crippen molar-refractivity contribution < 1.29 is 9.47 Å². The van der Waals surface area contributed by atoms with Crippen LogP contribution in [0.4, 0.5) is 11.5 Å². The zero-order valence-corrected chi connectivity index (χ0v) is 12.1. The Labute approximate surface area is 114 Å². The first-order valence-corrected chi connectivity index (χ1v) is 6.63. The molecule has 2 rings (SSSR count). The van der Waals surface area contributed by atoms with Crippen molar-refractivity contribution >= 4 is 11.5 Å². The maximum atomic E-state index is 5.92. The lowest BCUT2D eigenvalue weighted by molar-refractivity contribution is 0.125. The Morgan fingerprint density at radius 3 is 2.74 bits per heavy atom. The highest BCUT2D eigenvalue weighted by molar-refractivity contribution is 5.54. The summed E-state index contributed by atoms with van der Waals surface area (Å²) in [5.74, 6) is 1.36. The number of rotatable bonds is 3. The summed E-state index contributed by atoms with van der Waals surface area (Å²) >= 11 is 0. The summed E-state index contributed by atoms with van der Waals surface area (Å²) in [6.45, 7) is 7.51. The molecule has 1 unspecified atom stereocenters. The predicted molar refractivity (Wildman–Crippen MR) is 76.7 cm³/mol. The lowest BCUT2D eigenvalue weighted by atomic mass is 10.2. The molecule has 0 aromatic carbocycles. The van der Waals surface area contributed by atoms with Crippen molar-refractivity contribution in [3.05, 3.63) is 12.1 Å². The Hall–Kier alpha value is -1.49. The first kappa shape index (κ1) is 13.9. The number of hydrogen-bond acceptors (Lipinski definition) is 5. The second-order valence-corrected chi connectivity index (χ2v) is 5.91. The average Bonchev–Trinajstić information content (AvgIpc) is 2.83. The summed E-state index contributed by atoms with van der Waals surface area (Å²) in [7, 11) is 2.03. The number of nitrogens with two attached hydrogens (primary N) is 1. The number of hydrogen-bond donors (Lipinski definition) is 1. The predicted octanol–water partition coefficient (Wildman–Crippen LogP) is 2.07. The number of nitrogens with zero attached hydrogens (tertiary/aromatic N) is 2. The Morgan fingerprint density at radius 2 is 2.16 bits per heavy atom. The van der Waals surface area contributed by atoms with Crippen LogP contribution < -0.4 is 15.4 Å². The van der Waals surface area contributed by atoms with Gasteiger partial charge in [0.1, 0.15) is 11.4 Å². The highest BCUT2D eigenvalue weighted by Crippen LogP contribution is 2.27. The van der Waals surface area contributed by atoms with Crippen molar-refractivity contribution in [1.29, 1.82) is 0 Å². The van der Waals surface area contributed by atoms with Crippen LogP contribution in [0.15, 0.2) is 12.1 Å². The number of nitrogen functional groups attached to an aromatic ring is 1. The Balaban J connectivity index is 2.19. The summed E-state index contributed by atoms with van der Waals surface area (Å²) in [6, 6.07) is 4.14. The highest BCUT2D eigenvalue weighted by atomic mass is 16.5. The summed E-state index contributed by atoms with van der Waals surface area (Å²) in [4.78, 5) is 6.65. The van der Waals surface area contributed by atoms with Crippen LogP contribution in [-0.2, 0) is 4.74 Å². The lowest BCUT2D eigenvalue weighted by Gasteiger charge is -2.26. The van der Waals surface area contributed by atoms with E-state index in [1.165, 1.54) is 0 Å². The molecule has 19 heavy (non-hydrogen) atoms. The molecule has 5 heteroatoms. The minimum atomic E-state index is -0.311. The van der Waals surface area contributed by atoms with Gasteiger partial charge in [0.25, 0.3) is 0 Å². The number of likely N-dealkylation sites (N-methyl/N-ethyl adjacent to an activating group) is 1. The van der Waals surface area contributed by atoms with E-state index in [4.69, 9.17) is 15.2 Å². The quantitative estimate of drug-likeness (QED) is 0.906. The van der Waals surface area contributed by atoms with E-state index in [0.717, 1.165) is 25.5 Å². The van der Waals surface area contributed by atoms with E-state index in [9.17, 15) is 0 Å². The van der Waals surface area contributed by atoms with Crippen molar-refractivity contribution in [3.63, 3.8) is 0 Å². The monoisotopic (exact) mass is 265 g/mol. The lowest BCUT2D eigenvalue weighted by Crippen LogP contribution is -2.32. The first-order valence-electron chi connectivity index (χ1n) is 6.63. The van der Waals surface area contributed by atoms with Gasteiger partial charge in [0.15, 0.2) is 0 Å². The molecular formula is C14H23N3O2. The normalized spacial score (nSPS) is 19.5. The van der Waals surface area contributed by atoms with Crippen molar-refractivity contribution in [2.45, 2.75) is 38.8 Å². The van der Waals surface area contributed by atoms with Gasteiger partial charge in [-0.15, -0.1) is 0 Å². The molecule has 106 valence electrons. The third-order valence-corrected chi connectivity index (χ3v) is 3.09. The second-order valence-electron chi connectivity index (χ2n) is 5.91. The molecule has 0 aliphatic carbocycles. The molecule has 2 heterocycles. The van der Waals surface area contributed by atoms with E-state index < -0.39 is 0 Å². The smallest absolute Gasteiger partial charge is 0.239 e. The topological polar surface area (TPSA) is 60.6 Å². The fourth-order valence-electron chi connectivity index (χ4n) is 2.02. The molecular weight excluding hydrogens is 242 g/mol. The summed E-state index contributed by atoms with van der Waals surface area (Å²) < 4.78 is 11.2. The Bertz CT molecular complexity index is 437. The molecule has 1 aliphatic rings. The maximum Gasteiger partial charge on any atom is 0.239 e. The van der Waals surface area contributed by atoms with E-state index >= 15 is 0 Å². The molecule has 1 atom stereocenters. The second kappa shape index (κ2) is 5.25. The van der Waals surface area contributed by atoms with Crippen molar-refractivity contribution in [2.75, 3.05) is 30.9 Å². The molecule has 2 N–H and O–H groups in total. The molecule has 1 saturated heterocycles. The van der Waals surface area contributed by atoms with Crippen molar-refractivity contribution in [2.24, 2.45) is 0 Å². The highest BCUT2D eigenvalue weighted by Gasteiger charge is 2.23. The molecule has 0 bridgehead atoms. The fourth-order valence-corrected chi connectivity index (χ4v) is 2.02. The average molecular weight is 265 g/mol. The van der Waals surface area contributed by atoms with Gasteiger partial charge in [0.2, 0.25) is 5.88 Å². The van der Waals surface area contributed by atoms with Gasteiger partial charge in [-0.2, -0.15) is 4.98 Å². The molecule has 0 amide bonds. The van der Waals surface area contributed by atoms with Gasteiger partial charge in [-0.05, 0) is 39.3 Å². The molecule has 1 fully saturated rings. The van der Waals surface area contributed by atoms with E-state index in [0.29, 0.717) is 17.6 Å². The van der Waals surface area contributed by atoms with Crippen LogP contribution in [0.1, 0.15) is 27.2 Å². The number of ether oxygens (including phenoxy) is 2. The van der Waals surface area contributed by atoms with Gasteiger partial charge >= 0.3 is 0 Å². The van der Waals surface area contributed by atoms with Crippen LogP contribution >= 0.6 is 0 Å². The van der Waals surface area contributed by atoms with Crippen LogP contribution in [-0.4, -0.2) is 36.9 Å². The van der Waals surface area contributed by atoms with E-state index in [-0.39, 0.29) is 5.60 Å².